The first-order valence-corrected chi connectivity index (χ1v) is 13.1. The molecule has 0 fully saturated rings. The first kappa shape index (κ1) is 26.2. The van der Waals surface area contributed by atoms with Crippen molar-refractivity contribution in [2.24, 2.45) is 0 Å². The van der Waals surface area contributed by atoms with E-state index < -0.39 is 0 Å². The number of benzene rings is 4. The molecule has 0 aliphatic rings. The maximum Gasteiger partial charge on any atom is 0.231 e. The molecule has 0 saturated heterocycles. The highest BCUT2D eigenvalue weighted by Gasteiger charge is 2.22. The van der Waals surface area contributed by atoms with Gasteiger partial charge in [-0.15, -0.1) is 0 Å². The number of nitrogens with zero attached hydrogens (tertiary/aromatic N) is 2. The van der Waals surface area contributed by atoms with Crippen molar-refractivity contribution in [3.8, 4) is 0 Å². The number of hydrogen-bond donors (Lipinski definition) is 0. The molecular weight excluding hydrogens is 452 g/mol. The smallest absolute Gasteiger partial charge is 0.231 e. The fourth-order valence-corrected chi connectivity index (χ4v) is 5.11. The molecule has 3 heteroatoms. The van der Waals surface area contributed by atoms with Gasteiger partial charge in [-0.2, -0.15) is 0 Å². The lowest BCUT2D eigenvalue weighted by Gasteiger charge is -2.31. The van der Waals surface area contributed by atoms with Crippen molar-refractivity contribution >= 4 is 28.7 Å². The van der Waals surface area contributed by atoms with Crippen LogP contribution in [0.25, 0.3) is 0 Å². The van der Waals surface area contributed by atoms with Gasteiger partial charge in [-0.05, 0) is 99.2 Å². The van der Waals surface area contributed by atoms with Gasteiger partial charge in [-0.1, -0.05) is 67.1 Å². The Labute approximate surface area is 222 Å². The lowest BCUT2D eigenvalue weighted by molar-refractivity contribution is -0.117. The van der Waals surface area contributed by atoms with E-state index in [1.54, 1.807) is 0 Å². The normalized spacial score (nSPS) is 10.9. The van der Waals surface area contributed by atoms with Crippen molar-refractivity contribution in [2.75, 3.05) is 9.80 Å². The number of para-hydroxylation sites is 2. The Balaban J connectivity index is 1.85. The summed E-state index contributed by atoms with van der Waals surface area (Å²) >= 11 is 0. The zero-order valence-electron chi connectivity index (χ0n) is 23.2. The maximum absolute atomic E-state index is 13.3. The zero-order valence-corrected chi connectivity index (χ0v) is 23.2. The minimum Gasteiger partial charge on any atom is -0.337 e. The molecule has 0 aromatic heterocycles. The molecule has 3 nitrogen and oxygen atoms in total. The molecule has 37 heavy (non-hydrogen) atoms. The van der Waals surface area contributed by atoms with E-state index in [1.807, 2.05) is 17.9 Å². The highest BCUT2D eigenvalue weighted by Crippen LogP contribution is 2.37. The predicted octanol–water partition coefficient (Wildman–Crippen LogP) is 8.95. The second-order valence-corrected chi connectivity index (χ2v) is 10.1. The average Bonchev–Trinajstić information content (AvgIpc) is 2.87. The molecule has 190 valence electrons. The van der Waals surface area contributed by atoms with Crippen molar-refractivity contribution in [1.29, 1.82) is 0 Å². The van der Waals surface area contributed by atoms with Crippen LogP contribution in [-0.4, -0.2) is 5.91 Å². The Morgan fingerprint density at radius 2 is 1.14 bits per heavy atom. The van der Waals surface area contributed by atoms with Crippen molar-refractivity contribution < 1.29 is 4.79 Å². The summed E-state index contributed by atoms with van der Waals surface area (Å²) in [6, 6.07) is 27.8. The number of hydrogen-bond acceptors (Lipinski definition) is 2. The van der Waals surface area contributed by atoms with Crippen molar-refractivity contribution in [3.05, 3.63) is 118 Å². The summed E-state index contributed by atoms with van der Waals surface area (Å²) < 4.78 is 0. The van der Waals surface area contributed by atoms with Crippen LogP contribution in [0.15, 0.2) is 78.9 Å². The van der Waals surface area contributed by atoms with E-state index in [9.17, 15) is 4.79 Å². The molecule has 0 aliphatic heterocycles. The van der Waals surface area contributed by atoms with Gasteiger partial charge in [0.25, 0.3) is 0 Å². The Bertz CT molecular complexity index is 1380. The number of carbonyl (C=O) groups excluding carboxylic acids is 1. The largest absolute Gasteiger partial charge is 0.337 e. The lowest BCUT2D eigenvalue weighted by Crippen LogP contribution is -2.27. The molecule has 0 radical (unpaired) electrons. The predicted molar refractivity (Wildman–Crippen MR) is 157 cm³/mol. The van der Waals surface area contributed by atoms with Crippen LogP contribution in [0.4, 0.5) is 22.7 Å². The van der Waals surface area contributed by atoms with E-state index in [1.165, 1.54) is 33.5 Å². The molecule has 0 unspecified atom stereocenters. The summed E-state index contributed by atoms with van der Waals surface area (Å²) in [7, 11) is 0. The van der Waals surface area contributed by atoms with E-state index in [2.05, 4.69) is 119 Å². The molecule has 0 saturated carbocycles. The molecule has 4 rings (SSSR count). The van der Waals surface area contributed by atoms with E-state index >= 15 is 0 Å². The molecule has 0 N–H and O–H groups in total. The molecular formula is C34H38N2O. The van der Waals surface area contributed by atoms with Crippen LogP contribution in [0.5, 0.6) is 0 Å². The Morgan fingerprint density at radius 1 is 0.622 bits per heavy atom. The highest BCUT2D eigenvalue weighted by atomic mass is 16.2. The van der Waals surface area contributed by atoms with Gasteiger partial charge >= 0.3 is 0 Å². The number of carbonyl (C=O) groups is 1. The van der Waals surface area contributed by atoms with Gasteiger partial charge in [-0.25, -0.2) is 0 Å². The van der Waals surface area contributed by atoms with E-state index in [0.717, 1.165) is 28.2 Å². The third-order valence-electron chi connectivity index (χ3n) is 7.19. The van der Waals surface area contributed by atoms with Gasteiger partial charge in [-0.3, -0.25) is 9.69 Å². The molecule has 4 aromatic carbocycles. The number of rotatable bonds is 7. The third-order valence-corrected chi connectivity index (χ3v) is 7.19. The lowest BCUT2D eigenvalue weighted by atomic mass is 10.0. The van der Waals surface area contributed by atoms with Gasteiger partial charge in [0, 0.05) is 30.0 Å². The number of amides is 1. The minimum absolute atomic E-state index is 0.0948. The Morgan fingerprint density at radius 3 is 1.68 bits per heavy atom. The van der Waals surface area contributed by atoms with Crippen LogP contribution in [0, 0.1) is 41.5 Å². The summed E-state index contributed by atoms with van der Waals surface area (Å²) in [6.45, 7) is 15.4. The number of anilines is 4. The molecule has 0 spiro atoms. The zero-order chi connectivity index (χ0) is 26.7. The van der Waals surface area contributed by atoms with Crippen LogP contribution in [-0.2, 0) is 11.3 Å². The summed E-state index contributed by atoms with van der Waals surface area (Å²) in [5.41, 5.74) is 12.6. The first-order chi connectivity index (χ1) is 17.7. The van der Waals surface area contributed by atoms with Crippen molar-refractivity contribution in [3.63, 3.8) is 0 Å². The van der Waals surface area contributed by atoms with Gasteiger partial charge in [0.1, 0.15) is 0 Å². The quantitative estimate of drug-likeness (QED) is 0.258. The molecule has 1 amide bonds. The second kappa shape index (κ2) is 11.0. The third kappa shape index (κ3) is 5.46. The van der Waals surface area contributed by atoms with Gasteiger partial charge in [0.2, 0.25) is 5.91 Å². The monoisotopic (exact) mass is 490 g/mol. The second-order valence-electron chi connectivity index (χ2n) is 10.1. The van der Waals surface area contributed by atoms with Crippen LogP contribution in [0.1, 0.15) is 52.3 Å². The molecule has 0 heterocycles. The van der Waals surface area contributed by atoms with Gasteiger partial charge < -0.3 is 4.90 Å². The molecule has 0 bridgehead atoms. The van der Waals surface area contributed by atoms with Gasteiger partial charge in [0.15, 0.2) is 0 Å². The summed E-state index contributed by atoms with van der Waals surface area (Å²) in [5.74, 6) is 0.0948. The minimum atomic E-state index is 0.0948. The van der Waals surface area contributed by atoms with E-state index in [-0.39, 0.29) is 5.91 Å². The summed E-state index contributed by atoms with van der Waals surface area (Å²) in [4.78, 5) is 17.6. The topological polar surface area (TPSA) is 23.6 Å². The van der Waals surface area contributed by atoms with Crippen LogP contribution >= 0.6 is 0 Å². The van der Waals surface area contributed by atoms with Crippen molar-refractivity contribution in [2.45, 2.75) is 61.4 Å². The van der Waals surface area contributed by atoms with E-state index in [0.29, 0.717) is 13.0 Å². The Kier molecular flexibility index (Phi) is 7.83. The SMILES string of the molecule is CCC(=O)N(c1ccc(C)c(CN(c2ccc(C)cc2)c2c(C)cccc2C)c1)c1c(C)cccc1C. The standard InChI is InChI=1S/C34H38N2O/c1-8-32(37)36(34-27(6)13-10-14-28(34)7)31-20-17-24(3)29(21-31)22-35(30-18-15-23(2)16-19-30)33-25(4)11-9-12-26(33)5/h9-21H,8,22H2,1-7H3. The molecule has 4 aromatic rings. The van der Waals surface area contributed by atoms with Crippen LogP contribution < -0.4 is 9.80 Å². The first-order valence-electron chi connectivity index (χ1n) is 13.1. The van der Waals surface area contributed by atoms with Crippen LogP contribution in [0.2, 0.25) is 0 Å². The fourth-order valence-electron chi connectivity index (χ4n) is 5.11. The summed E-state index contributed by atoms with van der Waals surface area (Å²) in [6.07, 6.45) is 0.439. The van der Waals surface area contributed by atoms with Crippen LogP contribution in [0.3, 0.4) is 0 Å². The number of aryl methyl sites for hydroxylation is 6. The van der Waals surface area contributed by atoms with E-state index in [4.69, 9.17) is 0 Å². The molecule has 0 atom stereocenters. The molecule has 0 aliphatic carbocycles. The van der Waals surface area contributed by atoms with Crippen molar-refractivity contribution in [1.82, 2.24) is 0 Å². The van der Waals surface area contributed by atoms with Gasteiger partial charge in [0.05, 0.1) is 5.69 Å². The highest BCUT2D eigenvalue weighted by molar-refractivity contribution is 6.01. The fraction of sp³-hybridized carbons (Fsp3) is 0.265. The maximum atomic E-state index is 13.3. The average molecular weight is 491 g/mol. The summed E-state index contributed by atoms with van der Waals surface area (Å²) in [5, 5.41) is 0. The Hall–Kier alpha value is -3.85.